The lowest BCUT2D eigenvalue weighted by Gasteiger charge is -2.25. The molecule has 0 spiro atoms. The number of hydrogen-bond donors (Lipinski definition) is 1. The molecule has 1 saturated carbocycles. The predicted octanol–water partition coefficient (Wildman–Crippen LogP) is 5.44. The summed E-state index contributed by atoms with van der Waals surface area (Å²) in [5, 5.41) is 2.45. The van der Waals surface area contributed by atoms with Gasteiger partial charge in [-0.15, -0.1) is 0 Å². The summed E-state index contributed by atoms with van der Waals surface area (Å²) in [5.74, 6) is 0.953. The van der Waals surface area contributed by atoms with Gasteiger partial charge in [-0.3, -0.25) is 0 Å². The van der Waals surface area contributed by atoms with Crippen molar-refractivity contribution in [2.45, 2.75) is 45.1 Å². The van der Waals surface area contributed by atoms with Gasteiger partial charge >= 0.3 is 0 Å². The second-order valence-corrected chi connectivity index (χ2v) is 7.56. The normalized spacial score (nSPS) is 15.4. The van der Waals surface area contributed by atoms with Crippen LogP contribution in [0.4, 0.5) is 0 Å². The van der Waals surface area contributed by atoms with Gasteiger partial charge in [0.1, 0.15) is 5.52 Å². The van der Waals surface area contributed by atoms with Gasteiger partial charge < -0.3 is 5.43 Å². The second kappa shape index (κ2) is 6.69. The smallest absolute Gasteiger partial charge is 0.179 e. The molecule has 0 saturated heterocycles. The van der Waals surface area contributed by atoms with Crippen LogP contribution in [-0.2, 0) is 0 Å². The van der Waals surface area contributed by atoms with Gasteiger partial charge in [-0.05, 0) is 42.2 Å². The number of benzene rings is 2. The minimum absolute atomic E-state index is 0.479. The number of aromatic nitrogens is 3. The van der Waals surface area contributed by atoms with E-state index in [0.717, 1.165) is 28.1 Å². The third-order valence-corrected chi connectivity index (χ3v) is 5.70. The minimum atomic E-state index is 0.479. The summed E-state index contributed by atoms with van der Waals surface area (Å²) in [7, 11) is 0. The highest BCUT2D eigenvalue weighted by atomic mass is 15.5. The Morgan fingerprint density at radius 3 is 2.67 bits per heavy atom. The molecule has 27 heavy (non-hydrogen) atoms. The maximum atomic E-state index is 5.04. The molecule has 2 heterocycles. The quantitative estimate of drug-likeness (QED) is 0.532. The van der Waals surface area contributed by atoms with Crippen molar-refractivity contribution in [2.24, 2.45) is 0 Å². The van der Waals surface area contributed by atoms with Crippen LogP contribution in [0.3, 0.4) is 0 Å². The highest BCUT2D eigenvalue weighted by Crippen LogP contribution is 2.31. The number of aryl methyl sites for hydroxylation is 1. The van der Waals surface area contributed by atoms with Crippen LogP contribution in [0.25, 0.3) is 33.3 Å². The van der Waals surface area contributed by atoms with Gasteiger partial charge in [0.15, 0.2) is 11.5 Å². The molecule has 0 amide bonds. The Hall–Kier alpha value is -2.88. The molecule has 4 heteroatoms. The maximum absolute atomic E-state index is 5.04. The first-order valence-electron chi connectivity index (χ1n) is 9.90. The lowest BCUT2D eigenvalue weighted by atomic mass is 9.96. The molecule has 4 aromatic rings. The van der Waals surface area contributed by atoms with Crippen molar-refractivity contribution in [3.8, 4) is 11.4 Å². The zero-order valence-corrected chi connectivity index (χ0v) is 15.7. The van der Waals surface area contributed by atoms with Gasteiger partial charge in [0.05, 0.1) is 0 Å². The first kappa shape index (κ1) is 16.3. The molecule has 0 atom stereocenters. The number of nitrogens with one attached hydrogen (secondary N) is 1. The Morgan fingerprint density at radius 1 is 0.963 bits per heavy atom. The summed E-state index contributed by atoms with van der Waals surface area (Å²) in [5.41, 5.74) is 7.96. The zero-order valence-electron chi connectivity index (χ0n) is 15.7. The van der Waals surface area contributed by atoms with E-state index in [0.29, 0.717) is 6.04 Å². The average Bonchev–Trinajstić information content (AvgIpc) is 3.08. The molecule has 0 radical (unpaired) electrons. The average molecular weight is 356 g/mol. The number of hydrogen-bond acceptors (Lipinski definition) is 3. The van der Waals surface area contributed by atoms with E-state index in [4.69, 9.17) is 4.98 Å². The van der Waals surface area contributed by atoms with E-state index >= 15 is 0 Å². The van der Waals surface area contributed by atoms with Crippen LogP contribution >= 0.6 is 0 Å². The van der Waals surface area contributed by atoms with Crippen molar-refractivity contribution in [2.75, 3.05) is 5.43 Å². The van der Waals surface area contributed by atoms with Crippen LogP contribution in [0.1, 0.15) is 37.7 Å². The molecular weight excluding hydrogens is 332 g/mol. The molecule has 5 rings (SSSR count). The van der Waals surface area contributed by atoms with E-state index in [2.05, 4.69) is 64.5 Å². The lowest BCUT2D eigenvalue weighted by molar-refractivity contribution is 0.440. The second-order valence-electron chi connectivity index (χ2n) is 7.56. The van der Waals surface area contributed by atoms with Crippen molar-refractivity contribution in [1.29, 1.82) is 0 Å². The van der Waals surface area contributed by atoms with Crippen LogP contribution in [-0.4, -0.2) is 20.7 Å². The van der Waals surface area contributed by atoms with Crippen LogP contribution in [0, 0.1) is 6.92 Å². The third-order valence-electron chi connectivity index (χ3n) is 5.70. The summed E-state index contributed by atoms with van der Waals surface area (Å²) >= 11 is 0. The number of fused-ring (bicyclic) bond motifs is 2. The number of nitrogens with zero attached hydrogens (tertiary/aromatic N) is 3. The fourth-order valence-electron chi connectivity index (χ4n) is 4.23. The van der Waals surface area contributed by atoms with Crippen molar-refractivity contribution >= 4 is 21.9 Å². The number of rotatable bonds is 3. The van der Waals surface area contributed by atoms with Gasteiger partial charge in [-0.1, -0.05) is 61.7 Å². The Balaban J connectivity index is 1.73. The fraction of sp³-hybridized carbons (Fsp3) is 0.304. The Kier molecular flexibility index (Phi) is 4.04. The van der Waals surface area contributed by atoms with E-state index in [1.165, 1.54) is 42.9 Å². The summed E-state index contributed by atoms with van der Waals surface area (Å²) in [6.45, 7) is 2.11. The largest absolute Gasteiger partial charge is 0.319 e. The third kappa shape index (κ3) is 2.85. The van der Waals surface area contributed by atoms with Crippen molar-refractivity contribution in [3.63, 3.8) is 0 Å². The minimum Gasteiger partial charge on any atom is -0.319 e. The molecule has 2 aromatic heterocycles. The summed E-state index contributed by atoms with van der Waals surface area (Å²) < 4.78 is 2.14. The van der Waals surface area contributed by atoms with E-state index in [9.17, 15) is 0 Å². The van der Waals surface area contributed by atoms with Crippen LogP contribution < -0.4 is 5.43 Å². The first-order chi connectivity index (χ1) is 13.3. The van der Waals surface area contributed by atoms with E-state index in [1.807, 2.05) is 12.3 Å². The van der Waals surface area contributed by atoms with Gasteiger partial charge in [0.25, 0.3) is 0 Å². The van der Waals surface area contributed by atoms with E-state index in [-0.39, 0.29) is 0 Å². The molecule has 0 aliphatic heterocycles. The molecule has 1 N–H and O–H groups in total. The van der Waals surface area contributed by atoms with Crippen LogP contribution in [0.5, 0.6) is 0 Å². The van der Waals surface area contributed by atoms with Gasteiger partial charge in [-0.2, -0.15) is 0 Å². The molecule has 136 valence electrons. The lowest BCUT2D eigenvalue weighted by Crippen LogP contribution is -2.30. The highest BCUT2D eigenvalue weighted by molar-refractivity contribution is 5.96. The standard InChI is InChI=1S/C23H24N4/c1-16-14-15-24-23-21(16)25-22(27(23)26-18-10-3-2-4-11-18)20-13-7-9-17-8-5-6-12-19(17)20/h5-9,12-15,18,26H,2-4,10-11H2,1H3. The van der Waals surface area contributed by atoms with E-state index in [1.54, 1.807) is 0 Å². The molecule has 1 aliphatic carbocycles. The summed E-state index contributed by atoms with van der Waals surface area (Å²) in [6, 6.07) is 17.5. The molecule has 0 bridgehead atoms. The van der Waals surface area contributed by atoms with Crippen molar-refractivity contribution in [1.82, 2.24) is 14.6 Å². The van der Waals surface area contributed by atoms with Crippen molar-refractivity contribution < 1.29 is 0 Å². The topological polar surface area (TPSA) is 42.7 Å². The highest BCUT2D eigenvalue weighted by Gasteiger charge is 2.20. The molecule has 0 unspecified atom stereocenters. The Labute approximate surface area is 159 Å². The van der Waals surface area contributed by atoms with Gasteiger partial charge in [0.2, 0.25) is 0 Å². The molecule has 2 aromatic carbocycles. The summed E-state index contributed by atoms with van der Waals surface area (Å²) in [4.78, 5) is 9.71. The SMILES string of the molecule is Cc1ccnc2c1nc(-c1cccc3ccccc13)n2NC1CCCCC1. The molecule has 1 fully saturated rings. The molecule has 1 aliphatic rings. The van der Waals surface area contributed by atoms with E-state index < -0.39 is 0 Å². The molecular formula is C23H24N4. The molecule has 4 nitrogen and oxygen atoms in total. The Morgan fingerprint density at radius 2 is 1.78 bits per heavy atom. The summed E-state index contributed by atoms with van der Waals surface area (Å²) in [6.07, 6.45) is 8.23. The van der Waals surface area contributed by atoms with Crippen molar-refractivity contribution in [3.05, 3.63) is 60.3 Å². The van der Waals surface area contributed by atoms with Gasteiger partial charge in [-0.25, -0.2) is 14.6 Å². The number of pyridine rings is 1. The monoisotopic (exact) mass is 356 g/mol. The van der Waals surface area contributed by atoms with Crippen LogP contribution in [0.2, 0.25) is 0 Å². The first-order valence-corrected chi connectivity index (χ1v) is 9.90. The van der Waals surface area contributed by atoms with Crippen LogP contribution in [0.15, 0.2) is 54.7 Å². The predicted molar refractivity (Wildman–Crippen MR) is 111 cm³/mol. The maximum Gasteiger partial charge on any atom is 0.179 e. The number of imidazole rings is 1. The fourth-order valence-corrected chi connectivity index (χ4v) is 4.23. The zero-order chi connectivity index (χ0) is 18.2. The van der Waals surface area contributed by atoms with Gasteiger partial charge in [0, 0.05) is 17.8 Å². The Bertz CT molecular complexity index is 1100.